The Labute approximate surface area is 261 Å². The zero-order chi connectivity index (χ0) is 31.3. The van der Waals surface area contributed by atoms with E-state index in [0.29, 0.717) is 145 Å². The second-order valence-electron chi connectivity index (χ2n) is 10.4. The molecule has 0 saturated heterocycles. The highest BCUT2D eigenvalue weighted by molar-refractivity contribution is 4.50. The van der Waals surface area contributed by atoms with Crippen molar-refractivity contribution in [1.82, 2.24) is 5.32 Å². The maximum absolute atomic E-state index is 5.53. The van der Waals surface area contributed by atoms with E-state index in [1.54, 1.807) is 0 Å². The molecule has 0 aromatic heterocycles. The summed E-state index contributed by atoms with van der Waals surface area (Å²) >= 11 is 0. The predicted octanol–water partition coefficient (Wildman–Crippen LogP) is 2.60. The van der Waals surface area contributed by atoms with Crippen LogP contribution >= 0.6 is 0 Å². The van der Waals surface area contributed by atoms with Crippen LogP contribution in [0.15, 0.2) is 0 Å². The molecule has 0 unspecified atom stereocenters. The lowest BCUT2D eigenvalue weighted by molar-refractivity contribution is -0.0275. The van der Waals surface area contributed by atoms with Gasteiger partial charge in [-0.3, -0.25) is 0 Å². The van der Waals surface area contributed by atoms with Crippen molar-refractivity contribution in [3.8, 4) is 0 Å². The summed E-state index contributed by atoms with van der Waals surface area (Å²) in [7, 11) is 0. The molecule has 0 radical (unpaired) electrons. The molecule has 0 saturated carbocycles. The molecular weight excluding hydrogens is 562 g/mol. The summed E-state index contributed by atoms with van der Waals surface area (Å²) in [5, 5.41) is 3.30. The Morgan fingerprint density at radius 3 is 0.791 bits per heavy atom. The topological polar surface area (TPSA) is 114 Å². The SMILES string of the molecule is CC(C)CCCOCCOCCOCCOCCOCCOCCOCCOCCOCCOCCOCCNC(C)C. The first-order chi connectivity index (χ1) is 21.1. The second kappa shape index (κ2) is 37.7. The van der Waals surface area contributed by atoms with Crippen molar-refractivity contribution in [1.29, 1.82) is 0 Å². The van der Waals surface area contributed by atoms with Crippen molar-refractivity contribution in [2.45, 2.75) is 46.6 Å². The largest absolute Gasteiger partial charge is 0.379 e. The average Bonchev–Trinajstić information content (AvgIpc) is 2.98. The molecule has 0 aliphatic rings. The molecule has 0 rings (SSSR count). The van der Waals surface area contributed by atoms with E-state index in [4.69, 9.17) is 52.1 Å². The number of hydrogen-bond acceptors (Lipinski definition) is 12. The van der Waals surface area contributed by atoms with Crippen LogP contribution in [-0.2, 0) is 52.1 Å². The quantitative estimate of drug-likeness (QED) is 0.102. The summed E-state index contributed by atoms with van der Waals surface area (Å²) in [6, 6.07) is 0.483. The molecule has 0 atom stereocenters. The maximum atomic E-state index is 5.53. The molecule has 12 heteroatoms. The Bertz CT molecular complexity index is 462. The fourth-order valence-corrected chi connectivity index (χ4v) is 3.31. The van der Waals surface area contributed by atoms with Gasteiger partial charge in [-0.2, -0.15) is 0 Å². The van der Waals surface area contributed by atoms with Crippen LogP contribution < -0.4 is 5.32 Å². The number of rotatable bonds is 38. The Kier molecular flexibility index (Phi) is 37.3. The zero-order valence-corrected chi connectivity index (χ0v) is 27.8. The fourth-order valence-electron chi connectivity index (χ4n) is 3.31. The summed E-state index contributed by atoms with van der Waals surface area (Å²) in [6.45, 7) is 22.0. The van der Waals surface area contributed by atoms with Crippen LogP contribution in [0.4, 0.5) is 0 Å². The van der Waals surface area contributed by atoms with Gasteiger partial charge in [0.15, 0.2) is 0 Å². The smallest absolute Gasteiger partial charge is 0.0701 e. The van der Waals surface area contributed by atoms with Crippen LogP contribution in [0.3, 0.4) is 0 Å². The van der Waals surface area contributed by atoms with Crippen molar-refractivity contribution in [3.63, 3.8) is 0 Å². The molecule has 0 aromatic rings. The molecule has 0 spiro atoms. The minimum Gasteiger partial charge on any atom is -0.379 e. The molecule has 0 aliphatic carbocycles. The standard InChI is InChI=1S/C31H65NO11/c1-30(2)6-5-8-33-10-12-35-14-16-37-18-20-39-22-24-41-26-28-43-29-27-42-25-23-40-21-19-38-17-15-36-13-11-34-9-7-32-31(3)4/h30-32H,5-29H2,1-4H3. The Morgan fingerprint density at radius 1 is 0.326 bits per heavy atom. The third kappa shape index (κ3) is 41.5. The van der Waals surface area contributed by atoms with Gasteiger partial charge in [0.05, 0.1) is 139 Å². The molecular formula is C31H65NO11. The van der Waals surface area contributed by atoms with Gasteiger partial charge in [0.25, 0.3) is 0 Å². The van der Waals surface area contributed by atoms with E-state index in [-0.39, 0.29) is 0 Å². The lowest BCUT2D eigenvalue weighted by atomic mass is 10.1. The molecule has 0 aliphatic heterocycles. The summed E-state index contributed by atoms with van der Waals surface area (Å²) in [6.07, 6.45) is 2.31. The van der Waals surface area contributed by atoms with E-state index in [1.807, 2.05) is 0 Å². The molecule has 12 nitrogen and oxygen atoms in total. The third-order valence-corrected chi connectivity index (χ3v) is 5.59. The fraction of sp³-hybridized carbons (Fsp3) is 1.00. The van der Waals surface area contributed by atoms with E-state index in [2.05, 4.69) is 33.0 Å². The Morgan fingerprint density at radius 2 is 0.558 bits per heavy atom. The van der Waals surface area contributed by atoms with E-state index in [1.165, 1.54) is 6.42 Å². The van der Waals surface area contributed by atoms with Crippen LogP contribution in [0.5, 0.6) is 0 Å². The van der Waals surface area contributed by atoms with Crippen LogP contribution in [-0.4, -0.2) is 158 Å². The Hall–Kier alpha value is -0.480. The van der Waals surface area contributed by atoms with E-state index >= 15 is 0 Å². The number of nitrogens with one attached hydrogen (secondary N) is 1. The van der Waals surface area contributed by atoms with Gasteiger partial charge in [0.2, 0.25) is 0 Å². The first-order valence-corrected chi connectivity index (χ1v) is 16.2. The summed E-state index contributed by atoms with van der Waals surface area (Å²) in [5.74, 6) is 0.733. The van der Waals surface area contributed by atoms with Gasteiger partial charge in [-0.05, 0) is 18.8 Å². The summed E-state index contributed by atoms with van der Waals surface area (Å²) in [5.41, 5.74) is 0. The van der Waals surface area contributed by atoms with Crippen molar-refractivity contribution in [2.75, 3.05) is 152 Å². The minimum absolute atomic E-state index is 0.483. The van der Waals surface area contributed by atoms with Crippen molar-refractivity contribution >= 4 is 0 Å². The van der Waals surface area contributed by atoms with Crippen molar-refractivity contribution in [3.05, 3.63) is 0 Å². The third-order valence-electron chi connectivity index (χ3n) is 5.59. The van der Waals surface area contributed by atoms with Gasteiger partial charge in [-0.15, -0.1) is 0 Å². The molecule has 0 aromatic carbocycles. The van der Waals surface area contributed by atoms with Crippen LogP contribution in [0, 0.1) is 5.92 Å². The first kappa shape index (κ1) is 42.5. The van der Waals surface area contributed by atoms with Gasteiger partial charge in [0, 0.05) is 19.2 Å². The van der Waals surface area contributed by atoms with E-state index in [0.717, 1.165) is 25.5 Å². The molecule has 0 fully saturated rings. The highest BCUT2D eigenvalue weighted by Gasteiger charge is 1.97. The van der Waals surface area contributed by atoms with Crippen molar-refractivity contribution < 1.29 is 52.1 Å². The van der Waals surface area contributed by atoms with Gasteiger partial charge < -0.3 is 57.4 Å². The number of hydrogen-bond donors (Lipinski definition) is 1. The van der Waals surface area contributed by atoms with Crippen molar-refractivity contribution in [2.24, 2.45) is 5.92 Å². The normalized spacial score (nSPS) is 11.9. The van der Waals surface area contributed by atoms with Gasteiger partial charge >= 0.3 is 0 Å². The van der Waals surface area contributed by atoms with Gasteiger partial charge in [0.1, 0.15) is 0 Å². The molecule has 0 heterocycles. The van der Waals surface area contributed by atoms with Gasteiger partial charge in [-0.25, -0.2) is 0 Å². The lowest BCUT2D eigenvalue weighted by Crippen LogP contribution is -2.27. The zero-order valence-electron chi connectivity index (χ0n) is 27.8. The molecule has 1 N–H and O–H groups in total. The van der Waals surface area contributed by atoms with Gasteiger partial charge in [-0.1, -0.05) is 27.7 Å². The second-order valence-corrected chi connectivity index (χ2v) is 10.4. The van der Waals surface area contributed by atoms with E-state index in [9.17, 15) is 0 Å². The molecule has 43 heavy (non-hydrogen) atoms. The monoisotopic (exact) mass is 627 g/mol. The highest BCUT2D eigenvalue weighted by atomic mass is 16.6. The summed E-state index contributed by atoms with van der Waals surface area (Å²) < 4.78 is 60.3. The lowest BCUT2D eigenvalue weighted by Gasteiger charge is -2.09. The summed E-state index contributed by atoms with van der Waals surface area (Å²) in [4.78, 5) is 0. The number of ether oxygens (including phenoxy) is 11. The predicted molar refractivity (Wildman–Crippen MR) is 166 cm³/mol. The maximum Gasteiger partial charge on any atom is 0.0701 e. The minimum atomic E-state index is 0.483. The van der Waals surface area contributed by atoms with Crippen LogP contribution in [0.1, 0.15) is 40.5 Å². The molecule has 0 amide bonds. The Balaban J connectivity index is 3.04. The van der Waals surface area contributed by atoms with Crippen LogP contribution in [0.25, 0.3) is 0 Å². The first-order valence-electron chi connectivity index (χ1n) is 16.2. The van der Waals surface area contributed by atoms with E-state index < -0.39 is 0 Å². The molecule has 0 bridgehead atoms. The highest BCUT2D eigenvalue weighted by Crippen LogP contribution is 2.02. The molecule has 260 valence electrons. The van der Waals surface area contributed by atoms with Crippen LogP contribution in [0.2, 0.25) is 0 Å². The average molecular weight is 628 g/mol.